The Morgan fingerprint density at radius 1 is 1.10 bits per heavy atom. The Balaban J connectivity index is 1.50. The van der Waals surface area contributed by atoms with Gasteiger partial charge < -0.3 is 4.57 Å². The molecule has 0 aliphatic carbocycles. The number of nitrogens with zero attached hydrogens (tertiary/aromatic N) is 5. The van der Waals surface area contributed by atoms with Crippen molar-refractivity contribution >= 4 is 27.8 Å². The molecule has 0 saturated carbocycles. The van der Waals surface area contributed by atoms with Crippen LogP contribution in [0.2, 0.25) is 0 Å². The van der Waals surface area contributed by atoms with Gasteiger partial charge >= 0.3 is 0 Å². The summed E-state index contributed by atoms with van der Waals surface area (Å²) < 4.78 is 4.67. The molecule has 0 saturated heterocycles. The van der Waals surface area contributed by atoms with E-state index in [4.69, 9.17) is 0 Å². The number of nitrogens with one attached hydrogen (secondary N) is 1. The molecule has 0 unspecified atom stereocenters. The van der Waals surface area contributed by atoms with E-state index in [1.54, 1.807) is 17.2 Å². The average Bonchev–Trinajstić information content (AvgIpc) is 3.27. The maximum atomic E-state index is 12.8. The fourth-order valence-corrected chi connectivity index (χ4v) is 3.47. The molecule has 0 bridgehead atoms. The van der Waals surface area contributed by atoms with Crippen LogP contribution in [0.1, 0.15) is 27.3 Å². The summed E-state index contributed by atoms with van der Waals surface area (Å²) in [5, 5.41) is 7.14. The zero-order chi connectivity index (χ0) is 20.4. The lowest BCUT2D eigenvalue weighted by Gasteiger charge is -2.08. The Morgan fingerprint density at radius 2 is 1.90 bits per heavy atom. The zero-order valence-electron chi connectivity index (χ0n) is 16.0. The van der Waals surface area contributed by atoms with Crippen molar-refractivity contribution in [1.29, 1.82) is 0 Å². The molecule has 1 N–H and O–H groups in total. The van der Waals surface area contributed by atoms with E-state index in [1.165, 1.54) is 0 Å². The van der Waals surface area contributed by atoms with Gasteiger partial charge in [-0.2, -0.15) is 0 Å². The highest BCUT2D eigenvalue weighted by molar-refractivity contribution is 9.10. The van der Waals surface area contributed by atoms with Crippen LogP contribution in [0.15, 0.2) is 65.5 Å². The summed E-state index contributed by atoms with van der Waals surface area (Å²) in [6.07, 6.45) is 3.34. The Labute approximate surface area is 176 Å². The van der Waals surface area contributed by atoms with E-state index in [0.717, 1.165) is 27.2 Å². The summed E-state index contributed by atoms with van der Waals surface area (Å²) in [4.78, 5) is 21.4. The standard InChI is InChI=1S/C21H19BrN6O/c1-14-11-18(15(2)28(14)19-5-3-4-10-23-19)20(29)25-21-24-13-27(26-21)12-16-6-8-17(22)9-7-16/h3-11,13H,12H2,1-2H3,(H,25,26,29). The third-order valence-electron chi connectivity index (χ3n) is 4.57. The number of anilines is 1. The largest absolute Gasteiger partial charge is 0.302 e. The van der Waals surface area contributed by atoms with Crippen molar-refractivity contribution in [1.82, 2.24) is 24.3 Å². The molecule has 29 heavy (non-hydrogen) atoms. The molecule has 0 aliphatic rings. The number of aryl methyl sites for hydroxylation is 1. The average molecular weight is 451 g/mol. The van der Waals surface area contributed by atoms with Gasteiger partial charge in [-0.25, -0.2) is 14.6 Å². The minimum atomic E-state index is -0.248. The van der Waals surface area contributed by atoms with Gasteiger partial charge in [0.2, 0.25) is 5.95 Å². The van der Waals surface area contributed by atoms with Crippen LogP contribution in [0.3, 0.4) is 0 Å². The maximum absolute atomic E-state index is 12.8. The molecule has 0 spiro atoms. The van der Waals surface area contributed by atoms with Gasteiger partial charge in [-0.3, -0.25) is 10.1 Å². The first kappa shape index (κ1) is 19.1. The van der Waals surface area contributed by atoms with Crippen LogP contribution >= 0.6 is 15.9 Å². The second kappa shape index (κ2) is 8.00. The van der Waals surface area contributed by atoms with Crippen LogP contribution in [0.5, 0.6) is 0 Å². The lowest BCUT2D eigenvalue weighted by Crippen LogP contribution is -2.14. The fourth-order valence-electron chi connectivity index (χ4n) is 3.21. The van der Waals surface area contributed by atoms with Gasteiger partial charge in [0.1, 0.15) is 12.1 Å². The molecule has 1 amide bonds. The third kappa shape index (κ3) is 4.12. The highest BCUT2D eigenvalue weighted by Gasteiger charge is 2.18. The molecular formula is C21H19BrN6O. The quantitative estimate of drug-likeness (QED) is 0.495. The molecule has 7 nitrogen and oxygen atoms in total. The van der Waals surface area contributed by atoms with Crippen molar-refractivity contribution in [3.8, 4) is 5.82 Å². The molecule has 3 aromatic heterocycles. The second-order valence-electron chi connectivity index (χ2n) is 6.65. The number of pyridine rings is 1. The van der Waals surface area contributed by atoms with Crippen molar-refractivity contribution in [2.75, 3.05) is 5.32 Å². The molecule has 0 atom stereocenters. The number of amides is 1. The van der Waals surface area contributed by atoms with Gasteiger partial charge in [0.25, 0.3) is 5.91 Å². The van der Waals surface area contributed by atoms with E-state index in [0.29, 0.717) is 12.1 Å². The second-order valence-corrected chi connectivity index (χ2v) is 7.57. The van der Waals surface area contributed by atoms with Crippen molar-refractivity contribution < 1.29 is 4.79 Å². The Bertz CT molecular complexity index is 1150. The molecule has 0 aliphatic heterocycles. The fraction of sp³-hybridized carbons (Fsp3) is 0.143. The van der Waals surface area contributed by atoms with Crippen molar-refractivity contribution in [2.45, 2.75) is 20.4 Å². The van der Waals surface area contributed by atoms with Gasteiger partial charge in [-0.15, -0.1) is 5.10 Å². The molecule has 3 heterocycles. The van der Waals surface area contributed by atoms with Crippen LogP contribution in [0, 0.1) is 13.8 Å². The van der Waals surface area contributed by atoms with Crippen LogP contribution in [0.25, 0.3) is 5.82 Å². The number of aromatic nitrogens is 5. The van der Waals surface area contributed by atoms with E-state index in [2.05, 4.69) is 36.3 Å². The molecule has 146 valence electrons. The van der Waals surface area contributed by atoms with Crippen LogP contribution in [-0.4, -0.2) is 30.2 Å². The number of rotatable bonds is 5. The lowest BCUT2D eigenvalue weighted by molar-refractivity contribution is 0.102. The third-order valence-corrected chi connectivity index (χ3v) is 5.10. The summed E-state index contributed by atoms with van der Waals surface area (Å²) in [5.41, 5.74) is 3.40. The summed E-state index contributed by atoms with van der Waals surface area (Å²) in [5.74, 6) is 0.801. The van der Waals surface area contributed by atoms with E-state index >= 15 is 0 Å². The Hall–Kier alpha value is -3.26. The first-order chi connectivity index (χ1) is 14.0. The Kier molecular flexibility index (Phi) is 5.26. The lowest BCUT2D eigenvalue weighted by atomic mass is 10.2. The van der Waals surface area contributed by atoms with Crippen molar-refractivity contribution in [2.24, 2.45) is 0 Å². The van der Waals surface area contributed by atoms with E-state index in [9.17, 15) is 4.79 Å². The summed E-state index contributed by atoms with van der Waals surface area (Å²) in [6.45, 7) is 4.42. The number of hydrogen-bond acceptors (Lipinski definition) is 4. The topological polar surface area (TPSA) is 77.6 Å². The molecule has 4 rings (SSSR count). The highest BCUT2D eigenvalue weighted by atomic mass is 79.9. The minimum Gasteiger partial charge on any atom is -0.302 e. The van der Waals surface area contributed by atoms with Crippen LogP contribution in [-0.2, 0) is 6.54 Å². The van der Waals surface area contributed by atoms with Gasteiger partial charge in [-0.05, 0) is 49.7 Å². The van der Waals surface area contributed by atoms with E-state index in [-0.39, 0.29) is 11.9 Å². The molecule has 0 radical (unpaired) electrons. The summed E-state index contributed by atoms with van der Waals surface area (Å²) in [6, 6.07) is 15.5. The number of halogens is 1. The van der Waals surface area contributed by atoms with Gasteiger partial charge in [0, 0.05) is 22.1 Å². The molecular weight excluding hydrogens is 432 g/mol. The highest BCUT2D eigenvalue weighted by Crippen LogP contribution is 2.20. The first-order valence-electron chi connectivity index (χ1n) is 9.07. The maximum Gasteiger partial charge on any atom is 0.259 e. The van der Waals surface area contributed by atoms with Gasteiger partial charge in [0.15, 0.2) is 0 Å². The molecule has 4 aromatic rings. The first-order valence-corrected chi connectivity index (χ1v) is 9.86. The normalized spacial score (nSPS) is 10.9. The Morgan fingerprint density at radius 3 is 2.62 bits per heavy atom. The minimum absolute atomic E-state index is 0.248. The van der Waals surface area contributed by atoms with E-state index in [1.807, 2.05) is 66.9 Å². The summed E-state index contributed by atoms with van der Waals surface area (Å²) >= 11 is 3.42. The number of hydrogen-bond donors (Lipinski definition) is 1. The van der Waals surface area contributed by atoms with Crippen molar-refractivity contribution in [3.05, 3.63) is 88.0 Å². The van der Waals surface area contributed by atoms with Gasteiger partial charge in [-0.1, -0.05) is 34.1 Å². The number of carbonyl (C=O) groups is 1. The smallest absolute Gasteiger partial charge is 0.259 e. The molecule has 0 fully saturated rings. The zero-order valence-corrected chi connectivity index (χ0v) is 17.6. The number of carbonyl (C=O) groups excluding carboxylic acids is 1. The predicted molar refractivity (Wildman–Crippen MR) is 114 cm³/mol. The molecule has 1 aromatic carbocycles. The van der Waals surface area contributed by atoms with Crippen molar-refractivity contribution in [3.63, 3.8) is 0 Å². The SMILES string of the molecule is Cc1cc(C(=O)Nc2ncn(Cc3ccc(Br)cc3)n2)c(C)n1-c1ccccn1. The van der Waals surface area contributed by atoms with Crippen LogP contribution in [0.4, 0.5) is 5.95 Å². The van der Waals surface area contributed by atoms with Crippen LogP contribution < -0.4 is 5.32 Å². The summed E-state index contributed by atoms with van der Waals surface area (Å²) in [7, 11) is 0. The predicted octanol–water partition coefficient (Wildman–Crippen LogP) is 4.14. The molecule has 8 heteroatoms. The number of benzene rings is 1. The van der Waals surface area contributed by atoms with E-state index < -0.39 is 0 Å². The monoisotopic (exact) mass is 450 g/mol. The van der Waals surface area contributed by atoms with Gasteiger partial charge in [0.05, 0.1) is 12.1 Å².